The topological polar surface area (TPSA) is 78.9 Å². The van der Waals surface area contributed by atoms with Gasteiger partial charge in [0, 0.05) is 34.8 Å². The minimum Gasteiger partial charge on any atom is -0.361 e. The predicted molar refractivity (Wildman–Crippen MR) is 170 cm³/mol. The third kappa shape index (κ3) is 13.0. The van der Waals surface area contributed by atoms with E-state index in [2.05, 4.69) is 46.7 Å². The number of nitrogens with one attached hydrogen (secondary N) is 3. The number of carbonyl (C=O) groups excluding carboxylic acids is 1. The zero-order valence-corrected chi connectivity index (χ0v) is 25.7. The number of carbonyl (C=O) groups is 1. The molecule has 0 fully saturated rings. The molecular formula is C32H38Cl2FN5O. The third-order valence-electron chi connectivity index (χ3n) is 5.04. The Morgan fingerprint density at radius 3 is 2.10 bits per heavy atom. The molecule has 0 saturated carbocycles. The van der Waals surface area contributed by atoms with E-state index in [1.54, 1.807) is 36.4 Å². The van der Waals surface area contributed by atoms with Crippen molar-refractivity contribution in [3.63, 3.8) is 0 Å². The summed E-state index contributed by atoms with van der Waals surface area (Å²) in [6.07, 6.45) is 0. The fourth-order valence-electron chi connectivity index (χ4n) is 3.25. The summed E-state index contributed by atoms with van der Waals surface area (Å²) in [4.78, 5) is 21.4. The van der Waals surface area contributed by atoms with Gasteiger partial charge in [-0.2, -0.15) is 4.98 Å². The molecule has 0 bridgehead atoms. The third-order valence-corrected chi connectivity index (χ3v) is 5.53. The van der Waals surface area contributed by atoms with E-state index in [0.717, 1.165) is 22.6 Å². The van der Waals surface area contributed by atoms with Crippen molar-refractivity contribution in [1.29, 1.82) is 0 Å². The van der Waals surface area contributed by atoms with Gasteiger partial charge in [-0.25, -0.2) is 9.37 Å². The van der Waals surface area contributed by atoms with Crippen molar-refractivity contribution in [2.24, 2.45) is 5.92 Å². The smallest absolute Gasteiger partial charge is 0.239 e. The van der Waals surface area contributed by atoms with Crippen LogP contribution in [0.2, 0.25) is 10.0 Å². The van der Waals surface area contributed by atoms with Gasteiger partial charge >= 0.3 is 0 Å². The van der Waals surface area contributed by atoms with Crippen LogP contribution < -0.4 is 16.0 Å². The summed E-state index contributed by atoms with van der Waals surface area (Å²) in [5.74, 6) is 1.11. The number of anilines is 2. The molecule has 41 heavy (non-hydrogen) atoms. The summed E-state index contributed by atoms with van der Waals surface area (Å²) < 4.78 is 13.4. The number of amides is 1. The van der Waals surface area contributed by atoms with Crippen molar-refractivity contribution >= 4 is 40.9 Å². The van der Waals surface area contributed by atoms with E-state index in [1.165, 1.54) is 12.1 Å². The SMILES string of the molecule is CC.CC(C)C.O=C(CNc1cc(-c2ccc(F)cc2)nc(NCc2cccc(Cl)c2)n1)NCc1ccc(Cl)cc1. The molecule has 9 heteroatoms. The highest BCUT2D eigenvalue weighted by Gasteiger charge is 2.09. The highest BCUT2D eigenvalue weighted by atomic mass is 35.5. The minimum atomic E-state index is -0.335. The van der Waals surface area contributed by atoms with Gasteiger partial charge in [-0.1, -0.05) is 82.1 Å². The molecule has 0 unspecified atom stereocenters. The summed E-state index contributed by atoms with van der Waals surface area (Å²) in [5, 5.41) is 10.3. The number of halogens is 3. The fourth-order valence-corrected chi connectivity index (χ4v) is 3.59. The maximum absolute atomic E-state index is 13.4. The van der Waals surface area contributed by atoms with Crippen molar-refractivity contribution in [2.75, 3.05) is 17.2 Å². The van der Waals surface area contributed by atoms with Crippen LogP contribution in [0.5, 0.6) is 0 Å². The average Bonchev–Trinajstić information content (AvgIpc) is 2.96. The quantitative estimate of drug-likeness (QED) is 0.180. The van der Waals surface area contributed by atoms with E-state index < -0.39 is 0 Å². The monoisotopic (exact) mass is 597 g/mol. The lowest BCUT2D eigenvalue weighted by Crippen LogP contribution is -2.29. The van der Waals surface area contributed by atoms with E-state index in [1.807, 2.05) is 44.2 Å². The lowest BCUT2D eigenvalue weighted by Gasteiger charge is -2.12. The van der Waals surface area contributed by atoms with Crippen LogP contribution >= 0.6 is 23.2 Å². The van der Waals surface area contributed by atoms with Gasteiger partial charge in [0.2, 0.25) is 11.9 Å². The molecule has 0 aliphatic rings. The second-order valence-corrected chi connectivity index (χ2v) is 10.3. The van der Waals surface area contributed by atoms with Crippen LogP contribution in [-0.2, 0) is 17.9 Å². The zero-order chi connectivity index (χ0) is 30.2. The van der Waals surface area contributed by atoms with Crippen molar-refractivity contribution in [1.82, 2.24) is 15.3 Å². The van der Waals surface area contributed by atoms with Gasteiger partial charge in [0.1, 0.15) is 11.6 Å². The molecule has 0 spiro atoms. The molecule has 0 aliphatic carbocycles. The molecule has 0 saturated heterocycles. The molecular weight excluding hydrogens is 560 g/mol. The van der Waals surface area contributed by atoms with Gasteiger partial charge in [-0.05, 0) is 65.6 Å². The fraction of sp³-hybridized carbons (Fsp3) is 0.281. The summed E-state index contributed by atoms with van der Waals surface area (Å²) in [5.41, 5.74) is 3.20. The van der Waals surface area contributed by atoms with Crippen molar-refractivity contribution in [3.05, 3.63) is 106 Å². The van der Waals surface area contributed by atoms with Gasteiger partial charge in [-0.15, -0.1) is 0 Å². The number of hydrogen-bond donors (Lipinski definition) is 3. The molecule has 1 aromatic heterocycles. The number of hydrogen-bond acceptors (Lipinski definition) is 5. The second-order valence-electron chi connectivity index (χ2n) is 9.44. The van der Waals surface area contributed by atoms with E-state index in [9.17, 15) is 9.18 Å². The van der Waals surface area contributed by atoms with E-state index in [4.69, 9.17) is 23.2 Å². The van der Waals surface area contributed by atoms with Gasteiger partial charge < -0.3 is 16.0 Å². The Kier molecular flexibility index (Phi) is 14.6. The Morgan fingerprint density at radius 1 is 0.805 bits per heavy atom. The number of rotatable bonds is 9. The van der Waals surface area contributed by atoms with Crippen LogP contribution in [0, 0.1) is 11.7 Å². The predicted octanol–water partition coefficient (Wildman–Crippen LogP) is 8.62. The molecule has 3 aromatic carbocycles. The summed E-state index contributed by atoms with van der Waals surface area (Å²) >= 11 is 12.0. The maximum Gasteiger partial charge on any atom is 0.239 e. The Morgan fingerprint density at radius 2 is 1.46 bits per heavy atom. The summed E-state index contributed by atoms with van der Waals surface area (Å²) in [6, 6.07) is 22.4. The molecule has 0 atom stereocenters. The van der Waals surface area contributed by atoms with Gasteiger partial charge in [0.05, 0.1) is 12.2 Å². The minimum absolute atomic E-state index is 0.0151. The van der Waals surface area contributed by atoms with Crippen molar-refractivity contribution in [2.45, 2.75) is 47.7 Å². The highest BCUT2D eigenvalue weighted by molar-refractivity contribution is 6.30. The van der Waals surface area contributed by atoms with E-state index in [-0.39, 0.29) is 18.3 Å². The molecule has 4 rings (SSSR count). The largest absolute Gasteiger partial charge is 0.361 e. The molecule has 1 amide bonds. The average molecular weight is 599 g/mol. The number of benzene rings is 3. The summed E-state index contributed by atoms with van der Waals surface area (Å²) in [6.45, 7) is 11.4. The second kappa shape index (κ2) is 17.9. The van der Waals surface area contributed by atoms with Crippen LogP contribution in [0.15, 0.2) is 78.9 Å². The van der Waals surface area contributed by atoms with Gasteiger partial charge in [0.25, 0.3) is 0 Å². The Balaban J connectivity index is 0.000000902. The Bertz CT molecular complexity index is 1350. The van der Waals surface area contributed by atoms with Crippen LogP contribution in [0.25, 0.3) is 11.3 Å². The van der Waals surface area contributed by atoms with Crippen LogP contribution in [0.4, 0.5) is 16.2 Å². The number of aromatic nitrogens is 2. The standard InChI is InChI=1S/C26H22Cl2FN5O.C4H10.C2H6/c27-20-8-4-17(5-9-20)14-31-25(35)16-30-24-13-23(19-6-10-22(29)11-7-19)33-26(34-24)32-15-18-2-1-3-21(28)12-18;1-4(2)3;1-2/h1-13H,14-16H2,(H,31,35)(H2,30,32,33,34);4H,1-3H3;1-2H3. The van der Waals surface area contributed by atoms with E-state index in [0.29, 0.717) is 40.6 Å². The van der Waals surface area contributed by atoms with Crippen molar-refractivity contribution in [3.8, 4) is 11.3 Å². The van der Waals surface area contributed by atoms with Crippen molar-refractivity contribution < 1.29 is 9.18 Å². The maximum atomic E-state index is 13.4. The molecule has 0 aliphatic heterocycles. The Hall–Kier alpha value is -3.68. The zero-order valence-electron chi connectivity index (χ0n) is 24.1. The van der Waals surface area contributed by atoms with Crippen LogP contribution in [-0.4, -0.2) is 22.4 Å². The first-order valence-corrected chi connectivity index (χ1v) is 14.3. The van der Waals surface area contributed by atoms with E-state index >= 15 is 0 Å². The summed E-state index contributed by atoms with van der Waals surface area (Å²) in [7, 11) is 0. The molecule has 3 N–H and O–H groups in total. The van der Waals surface area contributed by atoms with Crippen LogP contribution in [0.3, 0.4) is 0 Å². The molecule has 0 radical (unpaired) electrons. The van der Waals surface area contributed by atoms with Gasteiger partial charge in [0.15, 0.2) is 0 Å². The highest BCUT2D eigenvalue weighted by Crippen LogP contribution is 2.22. The normalized spacial score (nSPS) is 10.1. The lowest BCUT2D eigenvalue weighted by atomic mass is 10.1. The van der Waals surface area contributed by atoms with Gasteiger partial charge in [-0.3, -0.25) is 4.79 Å². The Labute approximate surface area is 252 Å². The molecule has 6 nitrogen and oxygen atoms in total. The molecule has 1 heterocycles. The first kappa shape index (κ1) is 33.5. The molecule has 4 aromatic rings. The molecule has 218 valence electrons. The van der Waals surface area contributed by atoms with Crippen LogP contribution in [0.1, 0.15) is 45.7 Å². The lowest BCUT2D eigenvalue weighted by molar-refractivity contribution is -0.119. The number of nitrogens with zero attached hydrogens (tertiary/aromatic N) is 2. The first-order valence-electron chi connectivity index (χ1n) is 13.6. The first-order chi connectivity index (χ1) is 19.7.